The predicted octanol–water partition coefficient (Wildman–Crippen LogP) is 2.03. The first-order valence-corrected chi connectivity index (χ1v) is 5.98. The quantitative estimate of drug-likeness (QED) is 0.772. The lowest BCUT2D eigenvalue weighted by atomic mass is 10.1. The van der Waals surface area contributed by atoms with E-state index in [0.717, 1.165) is 4.90 Å². The lowest BCUT2D eigenvalue weighted by Crippen LogP contribution is -2.25. The van der Waals surface area contributed by atoms with Gasteiger partial charge in [0.2, 0.25) is 0 Å². The van der Waals surface area contributed by atoms with E-state index in [1.54, 1.807) is 13.0 Å². The van der Waals surface area contributed by atoms with Gasteiger partial charge in [0.1, 0.15) is 5.69 Å². The molecule has 2 N–H and O–H groups in total. The van der Waals surface area contributed by atoms with Crippen molar-refractivity contribution in [2.45, 2.75) is 30.8 Å². The molecule has 0 saturated carbocycles. The summed E-state index contributed by atoms with van der Waals surface area (Å²) < 4.78 is 0. The summed E-state index contributed by atoms with van der Waals surface area (Å²) in [6.07, 6.45) is 2.13. The topological polar surface area (TPSA) is 70.4 Å². The predicted molar refractivity (Wildman–Crippen MR) is 62.8 cm³/mol. The van der Waals surface area contributed by atoms with Crippen LogP contribution in [0.3, 0.4) is 0 Å². The summed E-state index contributed by atoms with van der Waals surface area (Å²) in [5.74, 6) is -0.503. The van der Waals surface area contributed by atoms with Crippen molar-refractivity contribution in [2.24, 2.45) is 0 Å². The highest BCUT2D eigenvalue weighted by Gasteiger charge is 2.17. The summed E-state index contributed by atoms with van der Waals surface area (Å²) in [4.78, 5) is 15.2. The molecule has 1 unspecified atom stereocenters. The standard InChI is InChI=1S/C11H15NO3S/c1-3-11(2,15)7-16-8-4-5-12-9(6-8)10(13)14/h4-6,15H,3,7H2,1-2H3,(H,13,14). The maximum atomic E-state index is 10.7. The van der Waals surface area contributed by atoms with Gasteiger partial charge in [0.15, 0.2) is 0 Å². The number of nitrogens with zero attached hydrogens (tertiary/aromatic N) is 1. The van der Waals surface area contributed by atoms with Crippen molar-refractivity contribution < 1.29 is 15.0 Å². The minimum Gasteiger partial charge on any atom is -0.477 e. The molecule has 1 atom stereocenters. The van der Waals surface area contributed by atoms with Gasteiger partial charge in [-0.3, -0.25) is 0 Å². The molecular weight excluding hydrogens is 226 g/mol. The highest BCUT2D eigenvalue weighted by molar-refractivity contribution is 7.99. The second-order valence-corrected chi connectivity index (χ2v) is 4.87. The van der Waals surface area contributed by atoms with Crippen LogP contribution in [0, 0.1) is 0 Å². The van der Waals surface area contributed by atoms with Crippen molar-refractivity contribution in [1.82, 2.24) is 4.98 Å². The number of hydrogen-bond acceptors (Lipinski definition) is 4. The third-order valence-electron chi connectivity index (χ3n) is 2.26. The van der Waals surface area contributed by atoms with Crippen molar-refractivity contribution in [3.05, 3.63) is 24.0 Å². The second-order valence-electron chi connectivity index (χ2n) is 3.82. The number of aromatic nitrogens is 1. The Balaban J connectivity index is 2.68. The number of carboxylic acids is 1. The fraction of sp³-hybridized carbons (Fsp3) is 0.455. The van der Waals surface area contributed by atoms with Crippen LogP contribution in [0.25, 0.3) is 0 Å². The average Bonchev–Trinajstić information content (AvgIpc) is 2.27. The van der Waals surface area contributed by atoms with Crippen molar-refractivity contribution in [3.8, 4) is 0 Å². The lowest BCUT2D eigenvalue weighted by Gasteiger charge is -2.20. The smallest absolute Gasteiger partial charge is 0.354 e. The summed E-state index contributed by atoms with van der Waals surface area (Å²) in [7, 11) is 0. The molecule has 4 nitrogen and oxygen atoms in total. The van der Waals surface area contributed by atoms with Gasteiger partial charge in [0, 0.05) is 16.8 Å². The van der Waals surface area contributed by atoms with Crippen molar-refractivity contribution in [3.63, 3.8) is 0 Å². The van der Waals surface area contributed by atoms with Gasteiger partial charge in [0.25, 0.3) is 0 Å². The van der Waals surface area contributed by atoms with Crippen LogP contribution < -0.4 is 0 Å². The molecule has 5 heteroatoms. The number of aliphatic hydroxyl groups is 1. The minimum absolute atomic E-state index is 0.0288. The summed E-state index contributed by atoms with van der Waals surface area (Å²) in [6.45, 7) is 3.68. The largest absolute Gasteiger partial charge is 0.477 e. The fourth-order valence-electron chi connectivity index (χ4n) is 0.959. The van der Waals surface area contributed by atoms with Gasteiger partial charge >= 0.3 is 5.97 Å². The van der Waals surface area contributed by atoms with E-state index in [4.69, 9.17) is 5.11 Å². The van der Waals surface area contributed by atoms with Gasteiger partial charge in [0.05, 0.1) is 5.60 Å². The van der Waals surface area contributed by atoms with Gasteiger partial charge < -0.3 is 10.2 Å². The number of carboxylic acid groups (broad SMARTS) is 1. The normalized spacial score (nSPS) is 14.4. The van der Waals surface area contributed by atoms with Crippen molar-refractivity contribution >= 4 is 17.7 Å². The first-order valence-electron chi connectivity index (χ1n) is 4.99. The third kappa shape index (κ3) is 3.83. The van der Waals surface area contributed by atoms with Gasteiger partial charge in [-0.2, -0.15) is 0 Å². The van der Waals surface area contributed by atoms with Gasteiger partial charge in [-0.05, 0) is 25.5 Å². The Bertz CT molecular complexity index is 379. The first-order chi connectivity index (χ1) is 7.44. The molecule has 1 heterocycles. The molecule has 1 aromatic heterocycles. The molecule has 16 heavy (non-hydrogen) atoms. The number of hydrogen-bond donors (Lipinski definition) is 2. The van der Waals surface area contributed by atoms with E-state index in [1.807, 2.05) is 6.92 Å². The average molecular weight is 241 g/mol. The van der Waals surface area contributed by atoms with Crippen LogP contribution in [-0.2, 0) is 0 Å². The molecule has 88 valence electrons. The van der Waals surface area contributed by atoms with Crippen LogP contribution >= 0.6 is 11.8 Å². The SMILES string of the molecule is CCC(C)(O)CSc1ccnc(C(=O)O)c1. The van der Waals surface area contributed by atoms with E-state index in [9.17, 15) is 9.90 Å². The molecule has 0 aliphatic carbocycles. The lowest BCUT2D eigenvalue weighted by molar-refractivity contribution is 0.0690. The molecule has 0 spiro atoms. The molecule has 1 aromatic rings. The fourth-order valence-corrected chi connectivity index (χ4v) is 1.99. The summed E-state index contributed by atoms with van der Waals surface area (Å²) >= 11 is 1.43. The number of pyridine rings is 1. The van der Waals surface area contributed by atoms with Crippen LogP contribution in [0.5, 0.6) is 0 Å². The molecule has 0 aliphatic heterocycles. The van der Waals surface area contributed by atoms with Crippen LogP contribution in [0.15, 0.2) is 23.2 Å². The van der Waals surface area contributed by atoms with Gasteiger partial charge in [-0.15, -0.1) is 11.8 Å². The zero-order valence-corrected chi connectivity index (χ0v) is 10.1. The van der Waals surface area contributed by atoms with Gasteiger partial charge in [-0.25, -0.2) is 9.78 Å². The molecule has 0 amide bonds. The Morgan fingerprint density at radius 2 is 2.31 bits per heavy atom. The molecule has 0 bridgehead atoms. The molecule has 0 fully saturated rings. The highest BCUT2D eigenvalue weighted by atomic mass is 32.2. The number of carbonyl (C=O) groups is 1. The van der Waals surface area contributed by atoms with Crippen LogP contribution in [0.1, 0.15) is 30.8 Å². The van der Waals surface area contributed by atoms with E-state index in [-0.39, 0.29) is 5.69 Å². The number of aromatic carboxylic acids is 1. The summed E-state index contributed by atoms with van der Waals surface area (Å²) in [5, 5.41) is 18.6. The van der Waals surface area contributed by atoms with Crippen LogP contribution in [0.4, 0.5) is 0 Å². The zero-order valence-electron chi connectivity index (χ0n) is 9.30. The Hall–Kier alpha value is -1.07. The van der Waals surface area contributed by atoms with E-state index in [1.165, 1.54) is 24.0 Å². The number of rotatable bonds is 5. The zero-order chi connectivity index (χ0) is 12.2. The second kappa shape index (κ2) is 5.32. The van der Waals surface area contributed by atoms with Crippen LogP contribution in [0.2, 0.25) is 0 Å². The van der Waals surface area contributed by atoms with E-state index in [2.05, 4.69) is 4.98 Å². The molecule has 0 aliphatic rings. The highest BCUT2D eigenvalue weighted by Crippen LogP contribution is 2.24. The third-order valence-corrected chi connectivity index (χ3v) is 3.62. The molecule has 1 rings (SSSR count). The van der Waals surface area contributed by atoms with Crippen molar-refractivity contribution in [1.29, 1.82) is 0 Å². The maximum absolute atomic E-state index is 10.7. The minimum atomic E-state index is -1.04. The summed E-state index contributed by atoms with van der Waals surface area (Å²) in [5.41, 5.74) is -0.696. The van der Waals surface area contributed by atoms with Crippen molar-refractivity contribution in [2.75, 3.05) is 5.75 Å². The molecule has 0 aromatic carbocycles. The Morgan fingerprint density at radius 1 is 1.62 bits per heavy atom. The first kappa shape index (κ1) is 13.0. The Kier molecular flexibility index (Phi) is 4.32. The van der Waals surface area contributed by atoms with E-state index < -0.39 is 11.6 Å². The Morgan fingerprint density at radius 3 is 2.88 bits per heavy atom. The van der Waals surface area contributed by atoms with Crippen LogP contribution in [-0.4, -0.2) is 32.5 Å². The molecule has 0 saturated heterocycles. The molecular formula is C11H15NO3S. The maximum Gasteiger partial charge on any atom is 0.354 e. The number of thioether (sulfide) groups is 1. The van der Waals surface area contributed by atoms with E-state index >= 15 is 0 Å². The molecule has 0 radical (unpaired) electrons. The Labute approximate surface area is 98.7 Å². The summed E-state index contributed by atoms with van der Waals surface area (Å²) in [6, 6.07) is 3.25. The van der Waals surface area contributed by atoms with E-state index in [0.29, 0.717) is 12.2 Å². The van der Waals surface area contributed by atoms with Gasteiger partial charge in [-0.1, -0.05) is 6.92 Å². The monoisotopic (exact) mass is 241 g/mol.